The van der Waals surface area contributed by atoms with Gasteiger partial charge in [-0.3, -0.25) is 9.59 Å². The molecule has 0 spiro atoms. The second-order valence-corrected chi connectivity index (χ2v) is 3.70. The van der Waals surface area contributed by atoms with Crippen molar-refractivity contribution in [2.75, 3.05) is 0 Å². The Morgan fingerprint density at radius 2 is 1.75 bits per heavy atom. The van der Waals surface area contributed by atoms with Gasteiger partial charge in [-0.15, -0.1) is 0 Å². The van der Waals surface area contributed by atoms with E-state index >= 15 is 0 Å². The highest BCUT2D eigenvalue weighted by molar-refractivity contribution is 6.05. The summed E-state index contributed by atoms with van der Waals surface area (Å²) in [6, 6.07) is 0. The molecule has 2 nitrogen and oxygen atoms in total. The van der Waals surface area contributed by atoms with Crippen molar-refractivity contribution in [3.05, 3.63) is 24.3 Å². The highest BCUT2D eigenvalue weighted by Crippen LogP contribution is 2.48. The monoisotopic (exact) mass is 160 g/mol. The van der Waals surface area contributed by atoms with Crippen LogP contribution in [0.25, 0.3) is 0 Å². The number of rotatable bonds is 0. The molecule has 3 aliphatic carbocycles. The van der Waals surface area contributed by atoms with Crippen LogP contribution in [-0.2, 0) is 9.59 Å². The lowest BCUT2D eigenvalue weighted by Gasteiger charge is -2.15. The van der Waals surface area contributed by atoms with Gasteiger partial charge in [0.25, 0.3) is 0 Å². The second-order valence-electron chi connectivity index (χ2n) is 3.70. The van der Waals surface area contributed by atoms with E-state index in [1.54, 1.807) is 6.08 Å². The highest BCUT2D eigenvalue weighted by Gasteiger charge is 2.54. The van der Waals surface area contributed by atoms with Crippen LogP contribution in [0.4, 0.5) is 0 Å². The van der Waals surface area contributed by atoms with E-state index in [2.05, 4.69) is 0 Å². The average Bonchev–Trinajstić information content (AvgIpc) is 2.66. The highest BCUT2D eigenvalue weighted by atomic mass is 16.1. The molecule has 3 aliphatic rings. The van der Waals surface area contributed by atoms with Crippen LogP contribution in [0, 0.1) is 23.7 Å². The van der Waals surface area contributed by atoms with Gasteiger partial charge >= 0.3 is 0 Å². The molecule has 0 aromatic carbocycles. The molecule has 0 N–H and O–H groups in total. The SMILES string of the molecule is O=C1C=CC2C1[C@H]1C=C[C@@H]2C1=O. The summed E-state index contributed by atoms with van der Waals surface area (Å²) in [6.07, 6.45) is 7.39. The fourth-order valence-electron chi connectivity index (χ4n) is 2.65. The van der Waals surface area contributed by atoms with Crippen molar-refractivity contribution in [3.8, 4) is 0 Å². The molecular weight excluding hydrogens is 152 g/mol. The van der Waals surface area contributed by atoms with Gasteiger partial charge in [-0.05, 0) is 6.08 Å². The van der Waals surface area contributed by atoms with Crippen molar-refractivity contribution in [1.29, 1.82) is 0 Å². The molecule has 12 heavy (non-hydrogen) atoms. The maximum absolute atomic E-state index is 11.5. The average molecular weight is 160 g/mol. The van der Waals surface area contributed by atoms with Crippen LogP contribution < -0.4 is 0 Å². The van der Waals surface area contributed by atoms with Crippen LogP contribution in [0.3, 0.4) is 0 Å². The molecule has 0 radical (unpaired) electrons. The maximum Gasteiger partial charge on any atom is 0.160 e. The molecule has 60 valence electrons. The Kier molecular flexibility index (Phi) is 0.932. The van der Waals surface area contributed by atoms with Crippen molar-refractivity contribution >= 4 is 11.6 Å². The number of carbonyl (C=O) groups is 2. The van der Waals surface area contributed by atoms with Gasteiger partial charge in [-0.1, -0.05) is 18.2 Å². The first-order valence-corrected chi connectivity index (χ1v) is 4.23. The molecule has 0 aliphatic heterocycles. The van der Waals surface area contributed by atoms with Gasteiger partial charge in [0, 0.05) is 23.7 Å². The molecule has 0 amide bonds. The number of allylic oxidation sites excluding steroid dienone is 4. The molecule has 0 saturated heterocycles. The molecule has 3 rings (SSSR count). The van der Waals surface area contributed by atoms with E-state index in [0.29, 0.717) is 0 Å². The van der Waals surface area contributed by atoms with Crippen molar-refractivity contribution < 1.29 is 9.59 Å². The van der Waals surface area contributed by atoms with Gasteiger partial charge in [-0.2, -0.15) is 0 Å². The van der Waals surface area contributed by atoms with Gasteiger partial charge in [-0.25, -0.2) is 0 Å². The third-order valence-electron chi connectivity index (χ3n) is 3.21. The minimum absolute atomic E-state index is 0.0164. The largest absolute Gasteiger partial charge is 0.298 e. The van der Waals surface area contributed by atoms with Crippen LogP contribution in [0.1, 0.15) is 0 Å². The topological polar surface area (TPSA) is 34.1 Å². The maximum atomic E-state index is 11.5. The number of hydrogen-bond acceptors (Lipinski definition) is 2. The van der Waals surface area contributed by atoms with E-state index in [0.717, 1.165) is 0 Å². The number of carbonyl (C=O) groups excluding carboxylic acids is 2. The normalized spacial score (nSPS) is 47.7. The van der Waals surface area contributed by atoms with Crippen molar-refractivity contribution in [2.45, 2.75) is 0 Å². The summed E-state index contributed by atoms with van der Waals surface area (Å²) in [7, 11) is 0. The predicted octanol–water partition coefficient (Wildman–Crippen LogP) is 0.743. The Bertz CT molecular complexity index is 338. The van der Waals surface area contributed by atoms with Crippen LogP contribution in [0.2, 0.25) is 0 Å². The molecule has 1 fully saturated rings. The van der Waals surface area contributed by atoms with Crippen LogP contribution >= 0.6 is 0 Å². The minimum atomic E-state index is -0.0949. The molecule has 0 heterocycles. The lowest BCUT2D eigenvalue weighted by atomic mass is 9.85. The molecule has 2 bridgehead atoms. The summed E-state index contributed by atoms with van der Waals surface area (Å²) in [5.41, 5.74) is 0. The third-order valence-corrected chi connectivity index (χ3v) is 3.21. The zero-order valence-corrected chi connectivity index (χ0v) is 6.44. The lowest BCUT2D eigenvalue weighted by molar-refractivity contribution is -0.124. The second kappa shape index (κ2) is 1.76. The first kappa shape index (κ1) is 6.35. The van der Waals surface area contributed by atoms with Crippen LogP contribution in [0.5, 0.6) is 0 Å². The van der Waals surface area contributed by atoms with E-state index in [9.17, 15) is 9.59 Å². The quantitative estimate of drug-likeness (QED) is 0.490. The zero-order valence-electron chi connectivity index (χ0n) is 6.44. The number of ketones is 2. The van der Waals surface area contributed by atoms with E-state index in [-0.39, 0.29) is 35.2 Å². The minimum Gasteiger partial charge on any atom is -0.298 e. The fourth-order valence-corrected chi connectivity index (χ4v) is 2.65. The Balaban J connectivity index is 2.13. The molecule has 2 heteroatoms. The van der Waals surface area contributed by atoms with Gasteiger partial charge in [0.1, 0.15) is 5.78 Å². The van der Waals surface area contributed by atoms with E-state index in [4.69, 9.17) is 0 Å². The summed E-state index contributed by atoms with van der Waals surface area (Å²) < 4.78 is 0. The summed E-state index contributed by atoms with van der Waals surface area (Å²) in [5, 5.41) is 0. The Morgan fingerprint density at radius 1 is 1.00 bits per heavy atom. The van der Waals surface area contributed by atoms with Crippen molar-refractivity contribution in [2.24, 2.45) is 23.7 Å². The smallest absolute Gasteiger partial charge is 0.160 e. The number of Topliss-reactive ketones (excluding diaryl/α,β-unsaturated/α-hetero) is 1. The Labute approximate surface area is 70.0 Å². The predicted molar refractivity (Wildman–Crippen MR) is 42.3 cm³/mol. The summed E-state index contributed by atoms with van der Waals surface area (Å²) in [4.78, 5) is 22.8. The van der Waals surface area contributed by atoms with E-state index in [1.807, 2.05) is 18.2 Å². The molecule has 2 unspecified atom stereocenters. The Hall–Kier alpha value is -1.18. The van der Waals surface area contributed by atoms with Gasteiger partial charge in [0.2, 0.25) is 0 Å². The van der Waals surface area contributed by atoms with Gasteiger partial charge < -0.3 is 0 Å². The molecule has 0 aromatic heterocycles. The van der Waals surface area contributed by atoms with E-state index < -0.39 is 0 Å². The van der Waals surface area contributed by atoms with Gasteiger partial charge in [0.15, 0.2) is 5.78 Å². The van der Waals surface area contributed by atoms with Crippen molar-refractivity contribution in [3.63, 3.8) is 0 Å². The molecule has 0 aromatic rings. The first-order valence-electron chi connectivity index (χ1n) is 4.23. The molecule has 4 atom stereocenters. The number of hydrogen-bond donors (Lipinski definition) is 0. The van der Waals surface area contributed by atoms with E-state index in [1.165, 1.54) is 0 Å². The lowest BCUT2D eigenvalue weighted by Crippen LogP contribution is -2.20. The van der Waals surface area contributed by atoms with Crippen LogP contribution in [-0.4, -0.2) is 11.6 Å². The van der Waals surface area contributed by atoms with Crippen molar-refractivity contribution in [1.82, 2.24) is 0 Å². The zero-order chi connectivity index (χ0) is 8.29. The van der Waals surface area contributed by atoms with Crippen LogP contribution in [0.15, 0.2) is 24.3 Å². The molecular formula is C10H8O2. The molecule has 1 saturated carbocycles. The summed E-state index contributed by atoms with van der Waals surface area (Å²) in [6.45, 7) is 0. The Morgan fingerprint density at radius 3 is 2.50 bits per heavy atom. The summed E-state index contributed by atoms with van der Waals surface area (Å²) >= 11 is 0. The first-order chi connectivity index (χ1) is 5.79. The standard InChI is InChI=1S/C10H8O2/c11-8-4-3-5-6-1-2-7(9(5)8)10(6)12/h1-7,9H/t5?,6-,7+,9?/m0/s1. The summed E-state index contributed by atoms with van der Waals surface area (Å²) in [5.74, 6) is 0.477. The number of fused-ring (bicyclic) bond motifs is 5. The van der Waals surface area contributed by atoms with Gasteiger partial charge in [0.05, 0.1) is 0 Å². The third kappa shape index (κ3) is 0.501. The fraction of sp³-hybridized carbons (Fsp3) is 0.400.